The summed E-state index contributed by atoms with van der Waals surface area (Å²) in [5.41, 5.74) is 1.01. The van der Waals surface area contributed by atoms with Crippen LogP contribution in [0.25, 0.3) is 0 Å². The SMILES string of the molecule is COc1cc(CNCC(C)CO)cc(Br)c1O. The van der Waals surface area contributed by atoms with Crippen molar-refractivity contribution in [1.82, 2.24) is 5.32 Å². The predicted octanol–water partition coefficient (Wildman–Crippen LogP) is 1.88. The minimum absolute atomic E-state index is 0.111. The largest absolute Gasteiger partial charge is 0.503 e. The Balaban J connectivity index is 2.63. The molecule has 0 aromatic heterocycles. The predicted molar refractivity (Wildman–Crippen MR) is 70.3 cm³/mol. The zero-order chi connectivity index (χ0) is 12.8. The lowest BCUT2D eigenvalue weighted by atomic mass is 10.1. The van der Waals surface area contributed by atoms with Crippen LogP contribution in [0, 0.1) is 5.92 Å². The van der Waals surface area contributed by atoms with E-state index >= 15 is 0 Å². The second kappa shape index (κ2) is 6.83. The Morgan fingerprint density at radius 1 is 1.47 bits per heavy atom. The van der Waals surface area contributed by atoms with Crippen molar-refractivity contribution < 1.29 is 14.9 Å². The quantitative estimate of drug-likeness (QED) is 0.751. The summed E-state index contributed by atoms with van der Waals surface area (Å²) >= 11 is 3.27. The number of phenols is 1. The number of phenolic OH excluding ortho intramolecular Hbond substituents is 1. The van der Waals surface area contributed by atoms with Gasteiger partial charge in [-0.2, -0.15) is 0 Å². The first-order valence-corrected chi connectivity index (χ1v) is 6.24. The highest BCUT2D eigenvalue weighted by Gasteiger charge is 2.08. The summed E-state index contributed by atoms with van der Waals surface area (Å²) in [7, 11) is 1.52. The van der Waals surface area contributed by atoms with Gasteiger partial charge in [0.15, 0.2) is 11.5 Å². The number of aromatic hydroxyl groups is 1. The van der Waals surface area contributed by atoms with Crippen molar-refractivity contribution >= 4 is 15.9 Å². The molecule has 0 aliphatic heterocycles. The lowest BCUT2D eigenvalue weighted by Crippen LogP contribution is -2.22. The second-order valence-electron chi connectivity index (χ2n) is 4.05. The molecule has 17 heavy (non-hydrogen) atoms. The summed E-state index contributed by atoms with van der Waals surface area (Å²) in [6.07, 6.45) is 0. The van der Waals surface area contributed by atoms with Crippen molar-refractivity contribution in [3.05, 3.63) is 22.2 Å². The van der Waals surface area contributed by atoms with E-state index in [9.17, 15) is 5.11 Å². The molecule has 0 spiro atoms. The number of hydrogen-bond acceptors (Lipinski definition) is 4. The van der Waals surface area contributed by atoms with E-state index < -0.39 is 0 Å². The van der Waals surface area contributed by atoms with E-state index in [4.69, 9.17) is 9.84 Å². The third-order valence-electron chi connectivity index (χ3n) is 2.44. The summed E-state index contributed by atoms with van der Waals surface area (Å²) in [6.45, 7) is 3.56. The van der Waals surface area contributed by atoms with E-state index in [2.05, 4.69) is 21.2 Å². The van der Waals surface area contributed by atoms with E-state index in [1.54, 1.807) is 6.07 Å². The maximum atomic E-state index is 9.65. The van der Waals surface area contributed by atoms with Gasteiger partial charge in [0.1, 0.15) is 0 Å². The van der Waals surface area contributed by atoms with Crippen LogP contribution in [0.4, 0.5) is 0 Å². The van der Waals surface area contributed by atoms with Gasteiger partial charge in [0.2, 0.25) is 0 Å². The van der Waals surface area contributed by atoms with Crippen LogP contribution in [0.3, 0.4) is 0 Å². The highest BCUT2D eigenvalue weighted by molar-refractivity contribution is 9.10. The number of rotatable bonds is 6. The van der Waals surface area contributed by atoms with E-state index in [0.29, 0.717) is 16.8 Å². The maximum absolute atomic E-state index is 9.65. The molecule has 96 valence electrons. The molecule has 0 bridgehead atoms. The summed E-state index contributed by atoms with van der Waals surface area (Å²) in [5, 5.41) is 21.8. The highest BCUT2D eigenvalue weighted by Crippen LogP contribution is 2.35. The van der Waals surface area contributed by atoms with Gasteiger partial charge in [-0.3, -0.25) is 0 Å². The van der Waals surface area contributed by atoms with E-state index in [1.807, 2.05) is 13.0 Å². The van der Waals surface area contributed by atoms with Gasteiger partial charge in [-0.1, -0.05) is 6.92 Å². The molecule has 5 heteroatoms. The summed E-state index contributed by atoms with van der Waals surface area (Å²) in [6, 6.07) is 3.63. The number of hydrogen-bond donors (Lipinski definition) is 3. The Morgan fingerprint density at radius 2 is 2.18 bits per heavy atom. The molecule has 0 radical (unpaired) electrons. The minimum Gasteiger partial charge on any atom is -0.503 e. The van der Waals surface area contributed by atoms with Crippen LogP contribution >= 0.6 is 15.9 Å². The third-order valence-corrected chi connectivity index (χ3v) is 3.05. The van der Waals surface area contributed by atoms with Crippen molar-refractivity contribution in [3.8, 4) is 11.5 Å². The Bertz CT molecular complexity index is 371. The fourth-order valence-corrected chi connectivity index (χ4v) is 1.90. The number of methoxy groups -OCH3 is 1. The fraction of sp³-hybridized carbons (Fsp3) is 0.500. The Morgan fingerprint density at radius 3 is 2.76 bits per heavy atom. The highest BCUT2D eigenvalue weighted by atomic mass is 79.9. The summed E-state index contributed by atoms with van der Waals surface area (Å²) in [5.74, 6) is 0.795. The normalized spacial score (nSPS) is 12.5. The van der Waals surface area contributed by atoms with Gasteiger partial charge in [-0.15, -0.1) is 0 Å². The first kappa shape index (κ1) is 14.3. The number of nitrogens with one attached hydrogen (secondary N) is 1. The molecule has 0 saturated carbocycles. The first-order valence-electron chi connectivity index (χ1n) is 5.45. The number of halogens is 1. The van der Waals surface area contributed by atoms with Crippen LogP contribution < -0.4 is 10.1 Å². The fourth-order valence-electron chi connectivity index (χ4n) is 1.41. The topological polar surface area (TPSA) is 61.7 Å². The molecule has 3 N–H and O–H groups in total. The average molecular weight is 304 g/mol. The van der Waals surface area contributed by atoms with Crippen LogP contribution in [0.2, 0.25) is 0 Å². The first-order chi connectivity index (χ1) is 8.08. The number of aliphatic hydroxyl groups is 1. The Kier molecular flexibility index (Phi) is 5.74. The number of ether oxygens (including phenoxy) is 1. The number of benzene rings is 1. The molecule has 1 aromatic rings. The van der Waals surface area contributed by atoms with Crippen molar-refractivity contribution in [2.75, 3.05) is 20.3 Å². The smallest absolute Gasteiger partial charge is 0.172 e. The van der Waals surface area contributed by atoms with Crippen molar-refractivity contribution in [3.63, 3.8) is 0 Å². The molecular weight excluding hydrogens is 286 g/mol. The van der Waals surface area contributed by atoms with Crippen molar-refractivity contribution in [2.24, 2.45) is 5.92 Å². The molecule has 1 rings (SSSR count). The molecule has 1 aromatic carbocycles. The van der Waals surface area contributed by atoms with Gasteiger partial charge in [0, 0.05) is 19.7 Å². The Labute approximate surface area is 110 Å². The van der Waals surface area contributed by atoms with Gasteiger partial charge < -0.3 is 20.3 Å². The number of aliphatic hydroxyl groups excluding tert-OH is 1. The molecular formula is C12H18BrNO3. The lowest BCUT2D eigenvalue weighted by molar-refractivity contribution is 0.233. The van der Waals surface area contributed by atoms with E-state index in [-0.39, 0.29) is 18.3 Å². The lowest BCUT2D eigenvalue weighted by Gasteiger charge is -2.12. The maximum Gasteiger partial charge on any atom is 0.172 e. The van der Waals surface area contributed by atoms with Crippen LogP contribution in [-0.4, -0.2) is 30.5 Å². The van der Waals surface area contributed by atoms with Crippen LogP contribution in [0.15, 0.2) is 16.6 Å². The zero-order valence-electron chi connectivity index (χ0n) is 10.0. The second-order valence-corrected chi connectivity index (χ2v) is 4.90. The van der Waals surface area contributed by atoms with E-state index in [1.165, 1.54) is 7.11 Å². The molecule has 0 aliphatic carbocycles. The molecule has 0 fully saturated rings. The molecule has 0 heterocycles. The summed E-state index contributed by atoms with van der Waals surface area (Å²) < 4.78 is 5.68. The minimum atomic E-state index is 0.111. The van der Waals surface area contributed by atoms with Crippen LogP contribution in [0.5, 0.6) is 11.5 Å². The molecule has 1 unspecified atom stereocenters. The van der Waals surface area contributed by atoms with Crippen molar-refractivity contribution in [1.29, 1.82) is 0 Å². The van der Waals surface area contributed by atoms with Gasteiger partial charge >= 0.3 is 0 Å². The van der Waals surface area contributed by atoms with Gasteiger partial charge in [0.25, 0.3) is 0 Å². The van der Waals surface area contributed by atoms with Gasteiger partial charge in [-0.05, 0) is 39.5 Å². The van der Waals surface area contributed by atoms with Gasteiger partial charge in [0.05, 0.1) is 11.6 Å². The molecule has 0 amide bonds. The molecule has 4 nitrogen and oxygen atoms in total. The summed E-state index contributed by atoms with van der Waals surface area (Å²) in [4.78, 5) is 0. The molecule has 1 atom stereocenters. The average Bonchev–Trinajstić information content (AvgIpc) is 2.33. The molecule has 0 saturated heterocycles. The van der Waals surface area contributed by atoms with Crippen molar-refractivity contribution in [2.45, 2.75) is 13.5 Å². The van der Waals surface area contributed by atoms with Crippen LogP contribution in [0.1, 0.15) is 12.5 Å². The zero-order valence-corrected chi connectivity index (χ0v) is 11.6. The standard InChI is InChI=1S/C12H18BrNO3/c1-8(7-15)5-14-6-9-3-10(13)12(16)11(4-9)17-2/h3-4,8,14-16H,5-7H2,1-2H3. The Hall–Kier alpha value is -0.780. The monoisotopic (exact) mass is 303 g/mol. The van der Waals surface area contributed by atoms with Gasteiger partial charge in [-0.25, -0.2) is 0 Å². The van der Waals surface area contributed by atoms with Crippen LogP contribution in [-0.2, 0) is 6.54 Å². The molecule has 0 aliphatic rings. The van der Waals surface area contributed by atoms with E-state index in [0.717, 1.165) is 12.1 Å². The third kappa shape index (κ3) is 4.18.